The van der Waals surface area contributed by atoms with Gasteiger partial charge >= 0.3 is 0 Å². The first-order valence-corrected chi connectivity index (χ1v) is 6.36. The summed E-state index contributed by atoms with van der Waals surface area (Å²) in [5, 5.41) is 15.9. The van der Waals surface area contributed by atoms with Gasteiger partial charge in [-0.3, -0.25) is 4.68 Å². The molecule has 18 heavy (non-hydrogen) atoms. The molecule has 0 aliphatic carbocycles. The minimum Gasteiger partial charge on any atom is -0.305 e. The van der Waals surface area contributed by atoms with Crippen molar-refractivity contribution in [1.82, 2.24) is 30.1 Å². The van der Waals surface area contributed by atoms with Gasteiger partial charge in [-0.05, 0) is 19.9 Å². The van der Waals surface area contributed by atoms with Gasteiger partial charge in [0.2, 0.25) is 0 Å². The molecule has 1 N–H and O–H groups in total. The Morgan fingerprint density at radius 1 is 1.33 bits per heavy atom. The second-order valence-corrected chi connectivity index (χ2v) is 4.31. The molecule has 6 heteroatoms. The third-order valence-corrected chi connectivity index (χ3v) is 2.90. The van der Waals surface area contributed by atoms with Gasteiger partial charge in [-0.15, -0.1) is 5.10 Å². The van der Waals surface area contributed by atoms with Gasteiger partial charge < -0.3 is 5.32 Å². The molecule has 0 radical (unpaired) electrons. The van der Waals surface area contributed by atoms with E-state index in [0.717, 1.165) is 30.8 Å². The van der Waals surface area contributed by atoms with E-state index in [0.29, 0.717) is 0 Å². The van der Waals surface area contributed by atoms with Crippen LogP contribution in [0, 0.1) is 0 Å². The molecule has 0 fully saturated rings. The van der Waals surface area contributed by atoms with Crippen LogP contribution in [0.15, 0.2) is 18.6 Å². The summed E-state index contributed by atoms with van der Waals surface area (Å²) >= 11 is 0. The quantitative estimate of drug-likeness (QED) is 0.832. The van der Waals surface area contributed by atoms with Gasteiger partial charge in [0.1, 0.15) is 0 Å². The van der Waals surface area contributed by atoms with Crippen LogP contribution in [0.5, 0.6) is 0 Å². The first-order valence-electron chi connectivity index (χ1n) is 6.36. The lowest BCUT2D eigenvalue weighted by Gasteiger charge is -2.17. The molecule has 2 aromatic rings. The van der Waals surface area contributed by atoms with Crippen molar-refractivity contribution in [1.29, 1.82) is 0 Å². The fourth-order valence-electron chi connectivity index (χ4n) is 2.01. The van der Waals surface area contributed by atoms with E-state index in [-0.39, 0.29) is 6.04 Å². The predicted molar refractivity (Wildman–Crippen MR) is 69.0 cm³/mol. The second kappa shape index (κ2) is 5.77. The van der Waals surface area contributed by atoms with E-state index in [1.165, 1.54) is 0 Å². The third kappa shape index (κ3) is 2.59. The van der Waals surface area contributed by atoms with Gasteiger partial charge in [-0.2, -0.15) is 5.10 Å². The Balaban J connectivity index is 2.30. The molecule has 6 nitrogen and oxygen atoms in total. The second-order valence-electron chi connectivity index (χ2n) is 4.31. The van der Waals surface area contributed by atoms with E-state index in [2.05, 4.69) is 34.6 Å². The Morgan fingerprint density at radius 3 is 2.78 bits per heavy atom. The van der Waals surface area contributed by atoms with Crippen molar-refractivity contribution in [2.45, 2.75) is 32.9 Å². The zero-order chi connectivity index (χ0) is 13.0. The van der Waals surface area contributed by atoms with Crippen LogP contribution in [0.3, 0.4) is 0 Å². The zero-order valence-electron chi connectivity index (χ0n) is 11.2. The molecule has 2 heterocycles. The molecule has 2 aromatic heterocycles. The van der Waals surface area contributed by atoms with Crippen molar-refractivity contribution in [3.63, 3.8) is 0 Å². The summed E-state index contributed by atoms with van der Waals surface area (Å²) < 4.78 is 3.73. The Bertz CT molecular complexity index is 486. The van der Waals surface area contributed by atoms with Crippen LogP contribution in [-0.4, -0.2) is 31.3 Å². The predicted octanol–water partition coefficient (Wildman–Crippen LogP) is 1.12. The minimum atomic E-state index is 0.105. The van der Waals surface area contributed by atoms with Gasteiger partial charge in [0.25, 0.3) is 0 Å². The Hall–Kier alpha value is -1.69. The van der Waals surface area contributed by atoms with Crippen LogP contribution in [0.2, 0.25) is 0 Å². The highest BCUT2D eigenvalue weighted by molar-refractivity contribution is 5.22. The van der Waals surface area contributed by atoms with Gasteiger partial charge in [0.05, 0.1) is 24.1 Å². The molecule has 1 unspecified atom stereocenters. The van der Waals surface area contributed by atoms with Crippen molar-refractivity contribution < 1.29 is 0 Å². The first kappa shape index (κ1) is 12.8. The highest BCUT2D eigenvalue weighted by Crippen LogP contribution is 2.20. The van der Waals surface area contributed by atoms with Crippen LogP contribution in [0.4, 0.5) is 0 Å². The van der Waals surface area contributed by atoms with Crippen molar-refractivity contribution in [2.75, 3.05) is 6.54 Å². The van der Waals surface area contributed by atoms with Gasteiger partial charge in [0, 0.05) is 25.4 Å². The molecule has 0 aliphatic heterocycles. The van der Waals surface area contributed by atoms with E-state index >= 15 is 0 Å². The van der Waals surface area contributed by atoms with Gasteiger partial charge in [0.15, 0.2) is 0 Å². The summed E-state index contributed by atoms with van der Waals surface area (Å²) in [6.07, 6.45) is 6.83. The smallest absolute Gasteiger partial charge is 0.0803 e. The molecule has 0 saturated heterocycles. The number of aryl methyl sites for hydroxylation is 2. The molecule has 0 aromatic carbocycles. The zero-order valence-corrected chi connectivity index (χ0v) is 11.2. The molecule has 98 valence electrons. The van der Waals surface area contributed by atoms with Crippen LogP contribution in [0.1, 0.15) is 37.6 Å². The molecule has 0 aliphatic rings. The SMILES string of the molecule is CCCNC(c1cnn(C)c1)c1cnnn1CC. The van der Waals surface area contributed by atoms with E-state index in [1.807, 2.05) is 35.0 Å². The number of nitrogens with zero attached hydrogens (tertiary/aromatic N) is 5. The number of aromatic nitrogens is 5. The molecule has 0 bridgehead atoms. The maximum Gasteiger partial charge on any atom is 0.0803 e. The third-order valence-electron chi connectivity index (χ3n) is 2.90. The maximum absolute atomic E-state index is 4.24. The first-order chi connectivity index (χ1) is 8.76. The normalized spacial score (nSPS) is 12.8. The molecule has 2 rings (SSSR count). The summed E-state index contributed by atoms with van der Waals surface area (Å²) in [5.41, 5.74) is 2.22. The van der Waals surface area contributed by atoms with Gasteiger partial charge in [-0.25, -0.2) is 4.68 Å². The highest BCUT2D eigenvalue weighted by atomic mass is 15.4. The Labute approximate surface area is 107 Å². The summed E-state index contributed by atoms with van der Waals surface area (Å²) in [7, 11) is 1.93. The highest BCUT2D eigenvalue weighted by Gasteiger charge is 2.19. The summed E-state index contributed by atoms with van der Waals surface area (Å²) in [5.74, 6) is 0. The van der Waals surface area contributed by atoms with E-state index in [9.17, 15) is 0 Å². The summed E-state index contributed by atoms with van der Waals surface area (Å²) in [4.78, 5) is 0. The summed E-state index contributed by atoms with van der Waals surface area (Å²) in [6.45, 7) is 6.00. The van der Waals surface area contributed by atoms with Crippen LogP contribution >= 0.6 is 0 Å². The summed E-state index contributed by atoms with van der Waals surface area (Å²) in [6, 6.07) is 0.105. The van der Waals surface area contributed by atoms with E-state index in [4.69, 9.17) is 0 Å². The number of rotatable bonds is 6. The Kier molecular flexibility index (Phi) is 4.09. The van der Waals surface area contributed by atoms with E-state index in [1.54, 1.807) is 0 Å². The average molecular weight is 248 g/mol. The van der Waals surface area contributed by atoms with Crippen molar-refractivity contribution in [3.05, 3.63) is 29.8 Å². The molecular weight excluding hydrogens is 228 g/mol. The van der Waals surface area contributed by atoms with Crippen LogP contribution < -0.4 is 5.32 Å². The number of hydrogen-bond acceptors (Lipinski definition) is 4. The monoisotopic (exact) mass is 248 g/mol. The molecular formula is C12H20N6. The average Bonchev–Trinajstić information content (AvgIpc) is 2.99. The standard InChI is InChI=1S/C12H20N6/c1-4-6-13-12(10-7-15-17(3)9-10)11-8-14-16-18(11)5-2/h7-9,12-13H,4-6H2,1-3H3. The van der Waals surface area contributed by atoms with Crippen LogP contribution in [0.25, 0.3) is 0 Å². The molecule has 0 amide bonds. The molecule has 0 saturated carbocycles. The van der Waals surface area contributed by atoms with Gasteiger partial charge in [-0.1, -0.05) is 12.1 Å². The topological polar surface area (TPSA) is 60.6 Å². The number of nitrogens with one attached hydrogen (secondary N) is 1. The maximum atomic E-state index is 4.24. The lowest BCUT2D eigenvalue weighted by atomic mass is 10.1. The number of hydrogen-bond donors (Lipinski definition) is 1. The van der Waals surface area contributed by atoms with Crippen LogP contribution in [-0.2, 0) is 13.6 Å². The lowest BCUT2D eigenvalue weighted by molar-refractivity contribution is 0.523. The lowest BCUT2D eigenvalue weighted by Crippen LogP contribution is -2.25. The van der Waals surface area contributed by atoms with Crippen molar-refractivity contribution in [2.24, 2.45) is 7.05 Å². The van der Waals surface area contributed by atoms with E-state index < -0.39 is 0 Å². The fourth-order valence-corrected chi connectivity index (χ4v) is 2.01. The van der Waals surface area contributed by atoms with Crippen molar-refractivity contribution >= 4 is 0 Å². The Morgan fingerprint density at radius 2 is 2.17 bits per heavy atom. The fraction of sp³-hybridized carbons (Fsp3) is 0.583. The molecule has 1 atom stereocenters. The molecule has 0 spiro atoms. The largest absolute Gasteiger partial charge is 0.305 e. The van der Waals surface area contributed by atoms with Crippen molar-refractivity contribution in [3.8, 4) is 0 Å². The minimum absolute atomic E-state index is 0.105.